The van der Waals surface area contributed by atoms with Gasteiger partial charge in [0.2, 0.25) is 5.91 Å². The third kappa shape index (κ3) is 8.16. The Balaban J connectivity index is 3.73. The molecule has 0 aromatic rings. The summed E-state index contributed by atoms with van der Waals surface area (Å²) in [5, 5.41) is 9.38. The van der Waals surface area contributed by atoms with Gasteiger partial charge < -0.3 is 9.84 Å². The van der Waals surface area contributed by atoms with Crippen LogP contribution in [0.4, 0.5) is 0 Å². The number of carbonyl (C=O) groups excluding carboxylic acids is 2. The Morgan fingerprint density at radius 3 is 2.56 bits per heavy atom. The molecule has 0 aromatic carbocycles. The second kappa shape index (κ2) is 8.03. The van der Waals surface area contributed by atoms with Crippen molar-refractivity contribution < 1.29 is 19.4 Å². The van der Waals surface area contributed by atoms with Crippen molar-refractivity contribution in [3.63, 3.8) is 0 Å². The van der Waals surface area contributed by atoms with E-state index in [2.05, 4.69) is 10.9 Å². The van der Waals surface area contributed by atoms with E-state index >= 15 is 0 Å². The number of aliphatic hydroxyl groups excluding tert-OH is 1. The van der Waals surface area contributed by atoms with Crippen LogP contribution in [0.1, 0.15) is 6.92 Å². The molecule has 0 saturated heterocycles. The van der Waals surface area contributed by atoms with Gasteiger partial charge in [-0.1, -0.05) is 0 Å². The SMILES string of the molecule is COCC(O)CN(C)CC(=O)NNC(C)=O. The first-order chi connectivity index (χ1) is 7.45. The van der Waals surface area contributed by atoms with Crippen LogP contribution >= 0.6 is 0 Å². The normalized spacial score (nSPS) is 12.3. The van der Waals surface area contributed by atoms with Crippen molar-refractivity contribution in [1.82, 2.24) is 15.8 Å². The zero-order valence-corrected chi connectivity index (χ0v) is 9.82. The molecule has 0 rings (SSSR count). The van der Waals surface area contributed by atoms with Gasteiger partial charge in [0, 0.05) is 20.6 Å². The van der Waals surface area contributed by atoms with E-state index in [9.17, 15) is 14.7 Å². The number of methoxy groups -OCH3 is 1. The number of aliphatic hydroxyl groups is 1. The number of nitrogens with zero attached hydrogens (tertiary/aromatic N) is 1. The largest absolute Gasteiger partial charge is 0.389 e. The fraction of sp³-hybridized carbons (Fsp3) is 0.778. The quantitative estimate of drug-likeness (QED) is 0.466. The molecule has 0 aliphatic rings. The highest BCUT2D eigenvalue weighted by Crippen LogP contribution is 1.89. The first-order valence-electron chi connectivity index (χ1n) is 4.86. The van der Waals surface area contributed by atoms with Crippen molar-refractivity contribution in [2.75, 3.05) is 33.9 Å². The second-order valence-corrected chi connectivity index (χ2v) is 3.54. The smallest absolute Gasteiger partial charge is 0.252 e. The van der Waals surface area contributed by atoms with Crippen molar-refractivity contribution in [1.29, 1.82) is 0 Å². The van der Waals surface area contributed by atoms with Gasteiger partial charge in [0.05, 0.1) is 19.3 Å². The Hall–Kier alpha value is -1.18. The predicted octanol–water partition coefficient (Wildman–Crippen LogP) is -1.91. The van der Waals surface area contributed by atoms with Crippen LogP contribution in [0.25, 0.3) is 0 Å². The highest BCUT2D eigenvalue weighted by Gasteiger charge is 2.11. The van der Waals surface area contributed by atoms with Crippen LogP contribution in [0.15, 0.2) is 0 Å². The van der Waals surface area contributed by atoms with Crippen LogP contribution in [0.3, 0.4) is 0 Å². The molecule has 0 fully saturated rings. The van der Waals surface area contributed by atoms with Crippen LogP contribution in [0, 0.1) is 0 Å². The van der Waals surface area contributed by atoms with Crippen molar-refractivity contribution in [2.45, 2.75) is 13.0 Å². The van der Waals surface area contributed by atoms with Gasteiger partial charge in [-0.05, 0) is 7.05 Å². The third-order valence-electron chi connectivity index (χ3n) is 1.67. The molecule has 0 radical (unpaired) electrons. The topological polar surface area (TPSA) is 90.9 Å². The monoisotopic (exact) mass is 233 g/mol. The molecule has 7 heteroatoms. The van der Waals surface area contributed by atoms with Gasteiger partial charge in [0.15, 0.2) is 0 Å². The Kier molecular flexibility index (Phi) is 7.44. The molecule has 0 aliphatic heterocycles. The van der Waals surface area contributed by atoms with Gasteiger partial charge in [-0.2, -0.15) is 0 Å². The molecule has 7 nitrogen and oxygen atoms in total. The maximum Gasteiger partial charge on any atom is 0.252 e. The highest BCUT2D eigenvalue weighted by atomic mass is 16.5. The summed E-state index contributed by atoms with van der Waals surface area (Å²) in [6.45, 7) is 1.92. The Morgan fingerprint density at radius 2 is 2.06 bits per heavy atom. The number of amides is 2. The number of nitrogens with one attached hydrogen (secondary N) is 2. The van der Waals surface area contributed by atoms with Gasteiger partial charge in [-0.3, -0.25) is 25.3 Å². The number of hydrogen-bond acceptors (Lipinski definition) is 5. The first-order valence-corrected chi connectivity index (χ1v) is 4.86. The highest BCUT2D eigenvalue weighted by molar-refractivity contribution is 5.81. The van der Waals surface area contributed by atoms with E-state index in [1.807, 2.05) is 0 Å². The molecular formula is C9H19N3O4. The Morgan fingerprint density at radius 1 is 1.44 bits per heavy atom. The molecule has 94 valence electrons. The lowest BCUT2D eigenvalue weighted by Crippen LogP contribution is -2.46. The van der Waals surface area contributed by atoms with Gasteiger partial charge in [-0.15, -0.1) is 0 Å². The Bertz CT molecular complexity index is 235. The van der Waals surface area contributed by atoms with Crippen LogP contribution in [-0.4, -0.2) is 61.8 Å². The van der Waals surface area contributed by atoms with Crippen LogP contribution in [-0.2, 0) is 14.3 Å². The van der Waals surface area contributed by atoms with E-state index in [-0.39, 0.29) is 25.0 Å². The predicted molar refractivity (Wildman–Crippen MR) is 57.3 cm³/mol. The fourth-order valence-electron chi connectivity index (χ4n) is 1.11. The number of hydrazine groups is 1. The van der Waals surface area contributed by atoms with Gasteiger partial charge >= 0.3 is 0 Å². The van der Waals surface area contributed by atoms with E-state index in [0.29, 0.717) is 6.54 Å². The number of hydrogen-bond donors (Lipinski definition) is 3. The van der Waals surface area contributed by atoms with Crippen LogP contribution in [0.5, 0.6) is 0 Å². The summed E-state index contributed by atoms with van der Waals surface area (Å²) in [7, 11) is 3.18. The molecule has 0 bridgehead atoms. The second-order valence-electron chi connectivity index (χ2n) is 3.54. The van der Waals surface area contributed by atoms with Crippen LogP contribution in [0.2, 0.25) is 0 Å². The summed E-state index contributed by atoms with van der Waals surface area (Å²) in [6.07, 6.45) is -0.636. The minimum absolute atomic E-state index is 0.0844. The molecule has 1 atom stereocenters. The van der Waals surface area contributed by atoms with E-state index in [0.717, 1.165) is 0 Å². The van der Waals surface area contributed by atoms with Crippen molar-refractivity contribution in [3.05, 3.63) is 0 Å². The van der Waals surface area contributed by atoms with Crippen molar-refractivity contribution in [2.24, 2.45) is 0 Å². The average Bonchev–Trinajstić information content (AvgIpc) is 2.14. The van der Waals surface area contributed by atoms with Crippen molar-refractivity contribution in [3.8, 4) is 0 Å². The molecule has 0 spiro atoms. The summed E-state index contributed by atoms with van der Waals surface area (Å²) in [6, 6.07) is 0. The van der Waals surface area contributed by atoms with E-state index in [1.165, 1.54) is 14.0 Å². The average molecular weight is 233 g/mol. The molecule has 0 heterocycles. The summed E-state index contributed by atoms with van der Waals surface area (Å²) in [5.74, 6) is -0.683. The van der Waals surface area contributed by atoms with Crippen molar-refractivity contribution >= 4 is 11.8 Å². The standard InChI is InChI=1S/C9H19N3O4/c1-7(13)10-11-9(15)5-12(2)4-8(14)6-16-3/h8,14H,4-6H2,1-3H3,(H,10,13)(H,11,15). The third-order valence-corrected chi connectivity index (χ3v) is 1.67. The molecule has 16 heavy (non-hydrogen) atoms. The minimum Gasteiger partial charge on any atom is -0.389 e. The molecule has 1 unspecified atom stereocenters. The Labute approximate surface area is 94.7 Å². The van der Waals surface area contributed by atoms with E-state index < -0.39 is 6.10 Å². The summed E-state index contributed by atoms with van der Waals surface area (Å²) in [4.78, 5) is 23.3. The fourth-order valence-corrected chi connectivity index (χ4v) is 1.11. The number of rotatable bonds is 6. The van der Waals surface area contributed by atoms with E-state index in [1.54, 1.807) is 11.9 Å². The molecular weight excluding hydrogens is 214 g/mol. The van der Waals surface area contributed by atoms with E-state index in [4.69, 9.17) is 4.74 Å². The van der Waals surface area contributed by atoms with Gasteiger partial charge in [0.25, 0.3) is 5.91 Å². The van der Waals surface area contributed by atoms with Crippen LogP contribution < -0.4 is 10.9 Å². The molecule has 0 aliphatic carbocycles. The summed E-state index contributed by atoms with van der Waals surface area (Å²) >= 11 is 0. The first kappa shape index (κ1) is 14.8. The summed E-state index contributed by atoms with van der Waals surface area (Å²) < 4.78 is 4.75. The molecule has 0 saturated carbocycles. The summed E-state index contributed by atoms with van der Waals surface area (Å²) in [5.41, 5.74) is 4.40. The van der Waals surface area contributed by atoms with Gasteiger partial charge in [-0.25, -0.2) is 0 Å². The zero-order chi connectivity index (χ0) is 12.6. The number of ether oxygens (including phenoxy) is 1. The molecule has 2 amide bonds. The molecule has 0 aromatic heterocycles. The lowest BCUT2D eigenvalue weighted by atomic mass is 10.3. The lowest BCUT2D eigenvalue weighted by Gasteiger charge is -2.19. The zero-order valence-electron chi connectivity index (χ0n) is 9.82. The molecule has 3 N–H and O–H groups in total. The number of carbonyl (C=O) groups is 2. The number of likely N-dealkylation sites (N-methyl/N-ethyl adjacent to an activating group) is 1. The van der Waals surface area contributed by atoms with Gasteiger partial charge in [0.1, 0.15) is 0 Å². The lowest BCUT2D eigenvalue weighted by molar-refractivity contribution is -0.128. The minimum atomic E-state index is -0.636. The maximum absolute atomic E-state index is 11.2. The maximum atomic E-state index is 11.2.